The number of aromatic nitrogens is 1. The summed E-state index contributed by atoms with van der Waals surface area (Å²) in [6.07, 6.45) is -4.42. The van der Waals surface area contributed by atoms with Crippen LogP contribution in [0.2, 0.25) is 5.02 Å². The molecule has 1 fully saturated rings. The highest BCUT2D eigenvalue weighted by atomic mass is 35.5. The molecule has 1 saturated heterocycles. The van der Waals surface area contributed by atoms with Gasteiger partial charge in [0.25, 0.3) is 5.91 Å². The van der Waals surface area contributed by atoms with E-state index in [9.17, 15) is 18.0 Å². The fourth-order valence-electron chi connectivity index (χ4n) is 2.94. The van der Waals surface area contributed by atoms with Crippen molar-refractivity contribution in [3.63, 3.8) is 0 Å². The highest BCUT2D eigenvalue weighted by Crippen LogP contribution is 2.25. The first-order chi connectivity index (χ1) is 12.3. The van der Waals surface area contributed by atoms with E-state index < -0.39 is 24.7 Å². The number of nitrogens with zero attached hydrogens (tertiary/aromatic N) is 2. The van der Waals surface area contributed by atoms with Crippen molar-refractivity contribution in [2.45, 2.75) is 12.2 Å². The molecule has 2 aromatic rings. The monoisotopic (exact) mass is 458 g/mol. The van der Waals surface area contributed by atoms with Crippen LogP contribution in [0.4, 0.5) is 13.2 Å². The third-order valence-electron chi connectivity index (χ3n) is 4.31. The zero-order valence-electron chi connectivity index (χ0n) is 14.6. The number of pyridine rings is 1. The number of hydrogen-bond acceptors (Lipinski definition) is 4. The summed E-state index contributed by atoms with van der Waals surface area (Å²) in [5.41, 5.74) is 0.570. The van der Waals surface area contributed by atoms with Crippen LogP contribution in [0.3, 0.4) is 0 Å². The zero-order chi connectivity index (χ0) is 18.7. The summed E-state index contributed by atoms with van der Waals surface area (Å²) in [6.45, 7) is 1.04. The van der Waals surface area contributed by atoms with Crippen LogP contribution in [0.25, 0.3) is 10.9 Å². The van der Waals surface area contributed by atoms with Gasteiger partial charge in [0, 0.05) is 43.1 Å². The molecular formula is C17H20Cl3F3N4O. The van der Waals surface area contributed by atoms with Gasteiger partial charge in [-0.2, -0.15) is 13.2 Å². The summed E-state index contributed by atoms with van der Waals surface area (Å²) in [4.78, 5) is 17.8. The maximum absolute atomic E-state index is 13.4. The first-order valence-electron chi connectivity index (χ1n) is 8.20. The van der Waals surface area contributed by atoms with Gasteiger partial charge >= 0.3 is 6.18 Å². The average molecular weight is 460 g/mol. The number of benzene rings is 1. The maximum Gasteiger partial charge on any atom is 0.405 e. The molecule has 1 amide bonds. The lowest BCUT2D eigenvalue weighted by molar-refractivity contribution is -0.183. The average Bonchev–Trinajstić information content (AvgIpc) is 2.61. The molecule has 1 atom stereocenters. The lowest BCUT2D eigenvalue weighted by Gasteiger charge is -2.35. The second kappa shape index (κ2) is 10.5. The number of halogens is 6. The molecule has 1 unspecified atom stereocenters. The molecule has 2 heterocycles. The van der Waals surface area contributed by atoms with E-state index in [-0.39, 0.29) is 43.6 Å². The molecule has 1 aromatic heterocycles. The lowest BCUT2D eigenvalue weighted by Crippen LogP contribution is -2.57. The largest absolute Gasteiger partial charge is 0.405 e. The molecule has 2 N–H and O–H groups in total. The van der Waals surface area contributed by atoms with Gasteiger partial charge in [-0.15, -0.1) is 24.8 Å². The first-order valence-corrected chi connectivity index (χ1v) is 8.58. The summed E-state index contributed by atoms with van der Waals surface area (Å²) >= 11 is 5.91. The van der Waals surface area contributed by atoms with Crippen molar-refractivity contribution in [2.24, 2.45) is 0 Å². The molecule has 1 aliphatic rings. The van der Waals surface area contributed by atoms with E-state index in [1.54, 1.807) is 24.3 Å². The van der Waals surface area contributed by atoms with Gasteiger partial charge in [-0.3, -0.25) is 9.69 Å². The number of nitrogens with one attached hydrogen (secondary N) is 2. The minimum absolute atomic E-state index is 0. The van der Waals surface area contributed by atoms with Gasteiger partial charge < -0.3 is 10.6 Å². The molecular weight excluding hydrogens is 440 g/mol. The molecule has 0 bridgehead atoms. The first kappa shape index (κ1) is 24.7. The van der Waals surface area contributed by atoms with Crippen LogP contribution in [-0.4, -0.2) is 60.7 Å². The molecule has 0 aliphatic carbocycles. The standard InChI is InChI=1S/C17H18ClF3N4O.2ClH/c18-12-3-1-11-2-4-13(24-14(11)9-12)16(26)23-10-15(17(19,20)21)25-7-5-22-6-8-25;;/h1-4,9,15,22H,5-8,10H2,(H,23,26);2*1H. The summed E-state index contributed by atoms with van der Waals surface area (Å²) in [7, 11) is 0. The third-order valence-corrected chi connectivity index (χ3v) is 4.55. The van der Waals surface area contributed by atoms with Gasteiger partial charge in [0.2, 0.25) is 0 Å². The van der Waals surface area contributed by atoms with Gasteiger partial charge in [0.1, 0.15) is 11.7 Å². The predicted molar refractivity (Wildman–Crippen MR) is 108 cm³/mol. The van der Waals surface area contributed by atoms with Crippen LogP contribution < -0.4 is 10.6 Å². The Kier molecular flexibility index (Phi) is 9.23. The number of alkyl halides is 3. The fourth-order valence-corrected chi connectivity index (χ4v) is 3.11. The Morgan fingerprint density at radius 3 is 2.50 bits per heavy atom. The molecule has 3 rings (SSSR count). The molecule has 0 saturated carbocycles. The topological polar surface area (TPSA) is 57.3 Å². The Morgan fingerprint density at radius 1 is 1.21 bits per heavy atom. The van der Waals surface area contributed by atoms with Gasteiger partial charge in [-0.05, 0) is 18.2 Å². The highest BCUT2D eigenvalue weighted by molar-refractivity contribution is 6.31. The van der Waals surface area contributed by atoms with Gasteiger partial charge in [0.15, 0.2) is 0 Å². The van der Waals surface area contributed by atoms with Gasteiger partial charge in [0.05, 0.1) is 5.52 Å². The fraction of sp³-hybridized carbons (Fsp3) is 0.412. The summed E-state index contributed by atoms with van der Waals surface area (Å²) in [5.74, 6) is -0.642. The van der Waals surface area contributed by atoms with E-state index in [4.69, 9.17) is 11.6 Å². The number of rotatable bonds is 4. The molecule has 1 aromatic carbocycles. The number of fused-ring (bicyclic) bond motifs is 1. The number of carbonyl (C=O) groups is 1. The number of carbonyl (C=O) groups excluding carboxylic acids is 1. The minimum Gasteiger partial charge on any atom is -0.349 e. The van der Waals surface area contributed by atoms with Crippen molar-refractivity contribution in [2.75, 3.05) is 32.7 Å². The minimum atomic E-state index is -4.42. The molecule has 0 radical (unpaired) electrons. The summed E-state index contributed by atoms with van der Waals surface area (Å²) in [6, 6.07) is 6.52. The SMILES string of the molecule is Cl.Cl.O=C(NCC(N1CCNCC1)C(F)(F)F)c1ccc2ccc(Cl)cc2n1. The molecule has 5 nitrogen and oxygen atoms in total. The van der Waals surface area contributed by atoms with Crippen molar-refractivity contribution in [3.05, 3.63) is 41.0 Å². The van der Waals surface area contributed by atoms with Crippen LogP contribution in [0.15, 0.2) is 30.3 Å². The normalized spacial score (nSPS) is 16.0. The smallest absolute Gasteiger partial charge is 0.349 e. The Bertz CT molecular complexity index is 801. The molecule has 0 spiro atoms. The molecule has 156 valence electrons. The summed E-state index contributed by atoms with van der Waals surface area (Å²) < 4.78 is 40.1. The highest BCUT2D eigenvalue weighted by Gasteiger charge is 2.43. The Labute approximate surface area is 177 Å². The second-order valence-corrected chi connectivity index (χ2v) is 6.52. The Balaban J connectivity index is 0.00000196. The van der Waals surface area contributed by atoms with E-state index in [1.165, 1.54) is 11.0 Å². The number of amides is 1. The van der Waals surface area contributed by atoms with Crippen molar-refractivity contribution in [1.29, 1.82) is 0 Å². The van der Waals surface area contributed by atoms with Gasteiger partial charge in [-0.25, -0.2) is 4.98 Å². The van der Waals surface area contributed by atoms with Crippen molar-refractivity contribution in [1.82, 2.24) is 20.5 Å². The summed E-state index contributed by atoms with van der Waals surface area (Å²) in [5, 5.41) is 6.64. The van der Waals surface area contributed by atoms with E-state index >= 15 is 0 Å². The molecule has 11 heteroatoms. The van der Waals surface area contributed by atoms with Gasteiger partial charge in [-0.1, -0.05) is 23.7 Å². The van der Waals surface area contributed by atoms with Crippen LogP contribution in [0.5, 0.6) is 0 Å². The van der Waals surface area contributed by atoms with E-state index in [0.717, 1.165) is 5.39 Å². The van der Waals surface area contributed by atoms with Crippen molar-refractivity contribution < 1.29 is 18.0 Å². The lowest BCUT2D eigenvalue weighted by atomic mass is 10.2. The van der Waals surface area contributed by atoms with E-state index in [2.05, 4.69) is 15.6 Å². The third kappa shape index (κ3) is 6.09. The quantitative estimate of drug-likeness (QED) is 0.737. The Morgan fingerprint density at radius 2 is 1.86 bits per heavy atom. The van der Waals surface area contributed by atoms with Crippen molar-refractivity contribution >= 4 is 53.2 Å². The maximum atomic E-state index is 13.4. The van der Waals surface area contributed by atoms with Crippen LogP contribution in [0, 0.1) is 0 Å². The van der Waals surface area contributed by atoms with Crippen LogP contribution in [0.1, 0.15) is 10.5 Å². The van der Waals surface area contributed by atoms with Crippen LogP contribution in [-0.2, 0) is 0 Å². The molecule has 1 aliphatic heterocycles. The number of piperazine rings is 1. The second-order valence-electron chi connectivity index (χ2n) is 6.09. The zero-order valence-corrected chi connectivity index (χ0v) is 17.0. The number of hydrogen-bond donors (Lipinski definition) is 2. The van der Waals surface area contributed by atoms with E-state index in [0.29, 0.717) is 23.6 Å². The van der Waals surface area contributed by atoms with Crippen molar-refractivity contribution in [3.8, 4) is 0 Å². The van der Waals surface area contributed by atoms with E-state index in [1.807, 2.05) is 0 Å². The Hall–Kier alpha value is -1.32. The van der Waals surface area contributed by atoms with Crippen LogP contribution >= 0.6 is 36.4 Å². The predicted octanol–water partition coefficient (Wildman–Crippen LogP) is 3.30. The molecule has 28 heavy (non-hydrogen) atoms.